The van der Waals surface area contributed by atoms with Crippen molar-refractivity contribution in [2.24, 2.45) is 10.8 Å². The first kappa shape index (κ1) is 56.2. The Labute approximate surface area is 440 Å². The SMILES string of the molecule is COC(=O)N[C@H](C(=O)N[C@@H](Cc1ccc(C#Cc2ccc(N3CC4CCC(C3)N4C3COC3)nc2)cc1)[C@@H](O)CN(Cc1c(F)cc(-c2ccccn2)cc1Cl)NC(=O)[C@@H](NC(=O)OC)C(C)(C)CF)C(C)(C)CF. The van der Waals surface area contributed by atoms with Crippen molar-refractivity contribution in [2.45, 2.75) is 95.9 Å². The average Bonchev–Trinajstić information content (AvgIpc) is 3.62. The van der Waals surface area contributed by atoms with Gasteiger partial charge in [0, 0.05) is 88.8 Å². The molecule has 3 saturated heterocycles. The van der Waals surface area contributed by atoms with Crippen molar-refractivity contribution in [3.05, 3.63) is 112 Å². The number of aromatic nitrogens is 2. The van der Waals surface area contributed by atoms with Gasteiger partial charge in [-0.15, -0.1) is 0 Å². The summed E-state index contributed by atoms with van der Waals surface area (Å²) in [7, 11) is 2.15. The van der Waals surface area contributed by atoms with E-state index in [4.69, 9.17) is 30.8 Å². The Hall–Kier alpha value is -6.50. The van der Waals surface area contributed by atoms with Crippen LogP contribution in [0.3, 0.4) is 0 Å². The van der Waals surface area contributed by atoms with E-state index in [9.17, 15) is 33.1 Å². The molecular weight excluding hydrogens is 995 g/mol. The van der Waals surface area contributed by atoms with Crippen LogP contribution in [0, 0.1) is 28.5 Å². The number of alkyl halides is 2. The first-order chi connectivity index (χ1) is 35.8. The van der Waals surface area contributed by atoms with Crippen LogP contribution in [0.1, 0.15) is 62.8 Å². The summed E-state index contributed by atoms with van der Waals surface area (Å²) in [6.07, 6.45) is 1.88. The molecule has 2 bridgehead atoms. The first-order valence-electron chi connectivity index (χ1n) is 24.7. The molecule has 0 radical (unpaired) electrons. The third-order valence-corrected chi connectivity index (χ3v) is 14.3. The number of carbonyl (C=O) groups excluding carboxylic acids is 4. The number of carbonyl (C=O) groups is 4. The van der Waals surface area contributed by atoms with Crippen LogP contribution in [-0.2, 0) is 36.8 Å². The van der Waals surface area contributed by atoms with Crippen LogP contribution < -0.4 is 26.3 Å². The number of fused-ring (bicyclic) bond motifs is 2. The Morgan fingerprint density at radius 1 is 0.840 bits per heavy atom. The van der Waals surface area contributed by atoms with Crippen molar-refractivity contribution in [2.75, 3.05) is 65.3 Å². The van der Waals surface area contributed by atoms with E-state index >= 15 is 4.39 Å². The second-order valence-corrected chi connectivity index (χ2v) is 20.9. The topological polar surface area (TPSA) is 200 Å². The third kappa shape index (κ3) is 14.1. The van der Waals surface area contributed by atoms with Crippen molar-refractivity contribution in [1.29, 1.82) is 0 Å². The van der Waals surface area contributed by atoms with Crippen LogP contribution >= 0.6 is 11.6 Å². The second kappa shape index (κ2) is 24.9. The average molecular weight is 1060 g/mol. The molecule has 4 amide bonds. The number of halogens is 4. The molecule has 5 heterocycles. The standard InChI is InChI=1S/C54H65ClF3N9O8/c1-53(2,31-56)47(62-51(71)73-5)49(69)61-44(21-34-13-10-33(11-14-34)12-15-35-16-19-46(60-24-35)65-25-37-17-18-38(26-65)67(37)39-29-75-30-39)45(68)28-66(64-50(70)48(54(3,4)32-57)63-52(72)74-6)27-40-41(55)22-36(23-42(40)58)43-9-7-8-20-59-43/h7-11,13-14,16,19-20,22-24,37-39,44-45,47-48,68H,17-18,21,25-32H2,1-6H3,(H,61,69)(H,62,71)(H,63,72)(H,64,70)/t37?,38?,44-,45-,47+,48+/m0/s1. The Kier molecular flexibility index (Phi) is 18.7. The molecule has 7 rings (SSSR count). The predicted octanol–water partition coefficient (Wildman–Crippen LogP) is 5.75. The van der Waals surface area contributed by atoms with Crippen molar-refractivity contribution in [3.8, 4) is 23.1 Å². The van der Waals surface area contributed by atoms with Crippen molar-refractivity contribution < 1.29 is 51.7 Å². The van der Waals surface area contributed by atoms with Crippen LogP contribution in [0.5, 0.6) is 0 Å². The fraction of sp³-hybridized carbons (Fsp3) is 0.481. The zero-order valence-corrected chi connectivity index (χ0v) is 43.6. The number of amides is 4. The van der Waals surface area contributed by atoms with Gasteiger partial charge in [0.15, 0.2) is 0 Å². The molecule has 3 aliphatic heterocycles. The maximum atomic E-state index is 16.2. The molecule has 4 aromatic rings. The number of methoxy groups -OCH3 is 2. The van der Waals surface area contributed by atoms with E-state index in [1.165, 1.54) is 58.9 Å². The highest BCUT2D eigenvalue weighted by molar-refractivity contribution is 6.31. The maximum Gasteiger partial charge on any atom is 0.407 e. The van der Waals surface area contributed by atoms with Crippen LogP contribution in [0.15, 0.2) is 79.1 Å². The summed E-state index contributed by atoms with van der Waals surface area (Å²) in [6.45, 7) is 5.92. The summed E-state index contributed by atoms with van der Waals surface area (Å²) in [6, 6.07) is 15.9. The number of nitrogens with one attached hydrogen (secondary N) is 4. The van der Waals surface area contributed by atoms with E-state index in [2.05, 4.69) is 48.0 Å². The van der Waals surface area contributed by atoms with Gasteiger partial charge in [-0.1, -0.05) is 69.3 Å². The molecule has 2 aromatic heterocycles. The lowest BCUT2D eigenvalue weighted by atomic mass is 9.84. The van der Waals surface area contributed by atoms with E-state index in [0.29, 0.717) is 40.5 Å². The molecule has 3 fully saturated rings. The third-order valence-electron chi connectivity index (χ3n) is 14.0. The summed E-state index contributed by atoms with van der Waals surface area (Å²) in [5, 5.41) is 20.8. The maximum absolute atomic E-state index is 16.2. The number of ether oxygens (including phenoxy) is 3. The van der Waals surface area contributed by atoms with Crippen molar-refractivity contribution in [3.63, 3.8) is 0 Å². The molecule has 0 aliphatic carbocycles. The minimum Gasteiger partial charge on any atom is -0.453 e. The molecule has 3 aliphatic rings. The number of aliphatic hydroxyl groups excluding tert-OH is 1. The number of hydrazine groups is 1. The highest BCUT2D eigenvalue weighted by Crippen LogP contribution is 2.36. The molecule has 21 heteroatoms. The number of nitrogens with zero attached hydrogens (tertiary/aromatic N) is 5. The lowest BCUT2D eigenvalue weighted by Gasteiger charge is -2.47. The number of rotatable bonds is 20. The number of alkyl carbamates (subject to hydrolysis) is 2. The molecule has 17 nitrogen and oxygen atoms in total. The highest BCUT2D eigenvalue weighted by Gasteiger charge is 2.46. The smallest absolute Gasteiger partial charge is 0.407 e. The Bertz CT molecular complexity index is 2660. The van der Waals surface area contributed by atoms with E-state index in [-0.39, 0.29) is 17.0 Å². The first-order valence-corrected chi connectivity index (χ1v) is 25.1. The number of hydrogen-bond donors (Lipinski definition) is 5. The molecule has 2 unspecified atom stereocenters. The van der Waals surface area contributed by atoms with Crippen molar-refractivity contribution >= 4 is 41.4 Å². The summed E-state index contributed by atoms with van der Waals surface area (Å²) in [5.74, 6) is 4.60. The summed E-state index contributed by atoms with van der Waals surface area (Å²) < 4.78 is 60.1. The van der Waals surface area contributed by atoms with E-state index in [1.54, 1.807) is 48.7 Å². The molecular formula is C54H65ClF3N9O8. The molecule has 75 heavy (non-hydrogen) atoms. The fourth-order valence-electron chi connectivity index (χ4n) is 9.52. The van der Waals surface area contributed by atoms with Gasteiger partial charge in [0.2, 0.25) is 5.91 Å². The van der Waals surface area contributed by atoms with E-state index in [1.807, 2.05) is 12.1 Å². The Morgan fingerprint density at radius 2 is 1.45 bits per heavy atom. The summed E-state index contributed by atoms with van der Waals surface area (Å²) >= 11 is 6.72. The lowest BCUT2D eigenvalue weighted by molar-refractivity contribution is -0.133. The number of benzene rings is 2. The largest absolute Gasteiger partial charge is 0.453 e. The van der Waals surface area contributed by atoms with E-state index < -0.39 is 91.3 Å². The Morgan fingerprint density at radius 3 is 1.99 bits per heavy atom. The number of anilines is 1. The monoisotopic (exact) mass is 1060 g/mol. The number of pyridine rings is 2. The normalized spacial score (nSPS) is 18.4. The van der Waals surface area contributed by atoms with Gasteiger partial charge in [0.1, 0.15) is 23.7 Å². The molecule has 6 atom stereocenters. The van der Waals surface area contributed by atoms with Crippen LogP contribution in [0.4, 0.5) is 28.6 Å². The zero-order valence-electron chi connectivity index (χ0n) is 42.9. The quantitative estimate of drug-likeness (QED) is 0.0530. The summed E-state index contributed by atoms with van der Waals surface area (Å²) in [5.41, 5.74) is 2.25. The molecule has 402 valence electrons. The van der Waals surface area contributed by atoms with Gasteiger partial charge in [-0.05, 0) is 73.4 Å². The van der Waals surface area contributed by atoms with E-state index in [0.717, 1.165) is 56.9 Å². The lowest BCUT2D eigenvalue weighted by Crippen LogP contribution is -2.62. The van der Waals surface area contributed by atoms with Gasteiger partial charge < -0.3 is 40.2 Å². The highest BCUT2D eigenvalue weighted by atomic mass is 35.5. The molecule has 5 N–H and O–H groups in total. The van der Waals surface area contributed by atoms with Crippen LogP contribution in [0.25, 0.3) is 11.3 Å². The van der Waals surface area contributed by atoms with Crippen molar-refractivity contribution in [1.82, 2.24) is 41.3 Å². The zero-order chi connectivity index (χ0) is 54.0. The van der Waals surface area contributed by atoms with Gasteiger partial charge in [0.05, 0.1) is 64.7 Å². The summed E-state index contributed by atoms with van der Waals surface area (Å²) in [4.78, 5) is 67.3. The number of aliphatic hydroxyl groups is 1. The number of piperazine rings is 1. The predicted molar refractivity (Wildman–Crippen MR) is 275 cm³/mol. The van der Waals surface area contributed by atoms with Gasteiger partial charge in [-0.3, -0.25) is 33.7 Å². The minimum absolute atomic E-state index is 0.0692. The fourth-order valence-corrected chi connectivity index (χ4v) is 9.79. The molecule has 2 aromatic carbocycles. The van der Waals surface area contributed by atoms with Gasteiger partial charge >= 0.3 is 12.2 Å². The minimum atomic E-state index is -1.64. The van der Waals surface area contributed by atoms with Crippen LogP contribution in [-0.4, -0.2) is 152 Å². The molecule has 0 saturated carbocycles. The van der Waals surface area contributed by atoms with Gasteiger partial charge in [-0.25, -0.2) is 24.0 Å². The van der Waals surface area contributed by atoms with Crippen LogP contribution in [0.2, 0.25) is 5.02 Å². The Balaban J connectivity index is 1.14. The van der Waals surface area contributed by atoms with Gasteiger partial charge in [0.25, 0.3) is 5.91 Å². The second-order valence-electron chi connectivity index (χ2n) is 20.5. The number of hydrogen-bond acceptors (Lipinski definition) is 13. The molecule has 0 spiro atoms. The van der Waals surface area contributed by atoms with Gasteiger partial charge in [-0.2, -0.15) is 0 Å².